The molecule has 0 aromatic rings. The number of hydrogen-bond donors (Lipinski definition) is 1. The monoisotopic (exact) mass is 241 g/mol. The van der Waals surface area contributed by atoms with E-state index in [1.54, 1.807) is 0 Å². The van der Waals surface area contributed by atoms with Crippen LogP contribution in [0.3, 0.4) is 0 Å². The molecule has 17 heavy (non-hydrogen) atoms. The lowest BCUT2D eigenvalue weighted by atomic mass is 10.1. The van der Waals surface area contributed by atoms with E-state index < -0.39 is 0 Å². The van der Waals surface area contributed by atoms with Gasteiger partial charge in [0, 0.05) is 18.9 Å². The van der Waals surface area contributed by atoms with Gasteiger partial charge in [-0.05, 0) is 25.7 Å². The fraction of sp³-hybridized carbons (Fsp3) is 0.846. The Morgan fingerprint density at radius 2 is 1.88 bits per heavy atom. The molecular formula is C13H23NO3. The average Bonchev–Trinajstić information content (AvgIpc) is 2.86. The number of carbonyl (C=O) groups is 2. The first-order chi connectivity index (χ1) is 8.24. The molecule has 0 aromatic heterocycles. The van der Waals surface area contributed by atoms with Gasteiger partial charge >= 0.3 is 5.97 Å². The highest BCUT2D eigenvalue weighted by molar-refractivity contribution is 5.78. The maximum atomic E-state index is 11.6. The molecule has 1 amide bonds. The first-order valence-electron chi connectivity index (χ1n) is 6.58. The molecule has 0 aromatic carbocycles. The van der Waals surface area contributed by atoms with E-state index >= 15 is 0 Å². The van der Waals surface area contributed by atoms with Gasteiger partial charge in [-0.25, -0.2) is 0 Å². The van der Waals surface area contributed by atoms with E-state index in [0.29, 0.717) is 6.42 Å². The van der Waals surface area contributed by atoms with E-state index in [1.165, 1.54) is 20.0 Å². The molecule has 98 valence electrons. The molecule has 0 heterocycles. The first-order valence-corrected chi connectivity index (χ1v) is 6.58. The Labute approximate surface area is 103 Å². The van der Waals surface area contributed by atoms with Crippen LogP contribution in [0.4, 0.5) is 0 Å². The topological polar surface area (TPSA) is 55.4 Å². The minimum Gasteiger partial charge on any atom is -0.469 e. The summed E-state index contributed by atoms with van der Waals surface area (Å²) in [6.07, 6.45) is 7.70. The molecule has 1 fully saturated rings. The summed E-state index contributed by atoms with van der Waals surface area (Å²) in [5, 5.41) is 2.97. The normalized spacial score (nSPS) is 15.8. The van der Waals surface area contributed by atoms with Crippen molar-refractivity contribution in [3.8, 4) is 0 Å². The fourth-order valence-electron chi connectivity index (χ4n) is 2.22. The zero-order chi connectivity index (χ0) is 12.5. The number of rotatable bonds is 7. The van der Waals surface area contributed by atoms with Crippen LogP contribution in [-0.2, 0) is 14.3 Å². The number of esters is 1. The zero-order valence-corrected chi connectivity index (χ0v) is 10.7. The lowest BCUT2D eigenvalue weighted by molar-refractivity contribution is -0.140. The number of carbonyl (C=O) groups excluding carboxylic acids is 2. The smallest absolute Gasteiger partial charge is 0.305 e. The summed E-state index contributed by atoms with van der Waals surface area (Å²) in [5.41, 5.74) is 0. The maximum Gasteiger partial charge on any atom is 0.305 e. The van der Waals surface area contributed by atoms with Crippen molar-refractivity contribution < 1.29 is 14.3 Å². The Morgan fingerprint density at radius 3 is 2.53 bits per heavy atom. The van der Waals surface area contributed by atoms with Gasteiger partial charge < -0.3 is 10.1 Å². The van der Waals surface area contributed by atoms with Gasteiger partial charge in [-0.3, -0.25) is 9.59 Å². The second kappa shape index (κ2) is 8.09. The van der Waals surface area contributed by atoms with Crippen LogP contribution in [0.5, 0.6) is 0 Å². The number of unbranched alkanes of at least 4 members (excludes halogenated alkanes) is 2. The minimum absolute atomic E-state index is 0.153. The molecule has 0 spiro atoms. The fourth-order valence-corrected chi connectivity index (χ4v) is 2.22. The zero-order valence-electron chi connectivity index (χ0n) is 10.7. The van der Waals surface area contributed by atoms with Gasteiger partial charge in [0.25, 0.3) is 0 Å². The summed E-state index contributed by atoms with van der Waals surface area (Å²) in [7, 11) is 1.41. The number of hydrogen-bond acceptors (Lipinski definition) is 3. The van der Waals surface area contributed by atoms with Gasteiger partial charge in [-0.1, -0.05) is 19.3 Å². The second-order valence-electron chi connectivity index (χ2n) is 4.66. The van der Waals surface area contributed by atoms with Crippen molar-refractivity contribution in [1.29, 1.82) is 0 Å². The number of methoxy groups -OCH3 is 1. The molecule has 1 saturated carbocycles. The molecule has 0 radical (unpaired) electrons. The van der Waals surface area contributed by atoms with E-state index in [1.807, 2.05) is 0 Å². The number of ether oxygens (including phenoxy) is 1. The summed E-state index contributed by atoms with van der Waals surface area (Å²) < 4.78 is 4.55. The average molecular weight is 241 g/mol. The third-order valence-electron chi connectivity index (χ3n) is 3.31. The molecule has 0 saturated heterocycles. The third-order valence-corrected chi connectivity index (χ3v) is 3.31. The molecule has 4 heteroatoms. The van der Waals surface area contributed by atoms with Crippen LogP contribution in [0.1, 0.15) is 51.4 Å². The molecule has 1 aliphatic carbocycles. The Bertz CT molecular complexity index is 247. The van der Waals surface area contributed by atoms with Crippen molar-refractivity contribution in [1.82, 2.24) is 5.32 Å². The van der Waals surface area contributed by atoms with Crippen LogP contribution in [0.2, 0.25) is 0 Å². The van der Waals surface area contributed by atoms with Crippen molar-refractivity contribution in [2.75, 3.05) is 13.7 Å². The lowest BCUT2D eigenvalue weighted by Gasteiger charge is -2.09. The molecule has 0 bridgehead atoms. The van der Waals surface area contributed by atoms with E-state index in [2.05, 4.69) is 10.1 Å². The molecule has 1 aliphatic rings. The largest absolute Gasteiger partial charge is 0.469 e. The highest BCUT2D eigenvalue weighted by atomic mass is 16.5. The number of nitrogens with one attached hydrogen (secondary N) is 1. The molecule has 4 nitrogen and oxygen atoms in total. The van der Waals surface area contributed by atoms with Crippen molar-refractivity contribution in [2.24, 2.45) is 5.92 Å². The Kier molecular flexibility index (Phi) is 6.67. The minimum atomic E-state index is -0.153. The van der Waals surface area contributed by atoms with Crippen LogP contribution in [0.25, 0.3) is 0 Å². The summed E-state index contributed by atoms with van der Waals surface area (Å²) in [6.45, 7) is 0.733. The predicted molar refractivity (Wildman–Crippen MR) is 65.5 cm³/mol. The molecule has 0 aliphatic heterocycles. The van der Waals surface area contributed by atoms with Crippen molar-refractivity contribution in [3.63, 3.8) is 0 Å². The SMILES string of the molecule is COC(=O)CCCCCNC(=O)C1CCCC1. The van der Waals surface area contributed by atoms with Crippen LogP contribution in [0, 0.1) is 5.92 Å². The van der Waals surface area contributed by atoms with E-state index in [9.17, 15) is 9.59 Å². The molecule has 1 N–H and O–H groups in total. The predicted octanol–water partition coefficient (Wildman–Crippen LogP) is 2.03. The summed E-state index contributed by atoms with van der Waals surface area (Å²) in [6, 6.07) is 0. The van der Waals surface area contributed by atoms with Gasteiger partial charge in [0.05, 0.1) is 7.11 Å². The highest BCUT2D eigenvalue weighted by Gasteiger charge is 2.21. The third kappa shape index (κ3) is 5.71. The Hall–Kier alpha value is -1.06. The van der Waals surface area contributed by atoms with Gasteiger partial charge in [0.1, 0.15) is 0 Å². The summed E-state index contributed by atoms with van der Waals surface area (Å²) in [5.74, 6) is 0.320. The quantitative estimate of drug-likeness (QED) is 0.548. The first kappa shape index (κ1) is 14.0. The van der Waals surface area contributed by atoms with Gasteiger partial charge in [-0.15, -0.1) is 0 Å². The van der Waals surface area contributed by atoms with Crippen molar-refractivity contribution in [3.05, 3.63) is 0 Å². The van der Waals surface area contributed by atoms with E-state index in [-0.39, 0.29) is 17.8 Å². The van der Waals surface area contributed by atoms with E-state index in [0.717, 1.165) is 38.6 Å². The molecule has 0 unspecified atom stereocenters. The molecule has 1 rings (SSSR count). The van der Waals surface area contributed by atoms with Crippen LogP contribution >= 0.6 is 0 Å². The van der Waals surface area contributed by atoms with E-state index in [4.69, 9.17) is 0 Å². The second-order valence-corrected chi connectivity index (χ2v) is 4.66. The summed E-state index contributed by atoms with van der Waals surface area (Å²) >= 11 is 0. The highest BCUT2D eigenvalue weighted by Crippen LogP contribution is 2.24. The van der Waals surface area contributed by atoms with Gasteiger partial charge in [0.2, 0.25) is 5.91 Å². The Morgan fingerprint density at radius 1 is 1.18 bits per heavy atom. The molecule has 0 atom stereocenters. The molecular weight excluding hydrogens is 218 g/mol. The lowest BCUT2D eigenvalue weighted by Crippen LogP contribution is -2.30. The maximum absolute atomic E-state index is 11.6. The Balaban J connectivity index is 1.93. The van der Waals surface area contributed by atoms with Crippen molar-refractivity contribution in [2.45, 2.75) is 51.4 Å². The van der Waals surface area contributed by atoms with Crippen LogP contribution < -0.4 is 5.32 Å². The standard InChI is InChI=1S/C13H23NO3/c1-17-12(15)9-3-2-6-10-14-13(16)11-7-4-5-8-11/h11H,2-10H2,1H3,(H,14,16). The van der Waals surface area contributed by atoms with Crippen molar-refractivity contribution >= 4 is 11.9 Å². The van der Waals surface area contributed by atoms with Crippen LogP contribution in [0.15, 0.2) is 0 Å². The summed E-state index contributed by atoms with van der Waals surface area (Å²) in [4.78, 5) is 22.5. The van der Waals surface area contributed by atoms with Gasteiger partial charge in [0.15, 0.2) is 0 Å². The number of amides is 1. The van der Waals surface area contributed by atoms with Crippen LogP contribution in [-0.4, -0.2) is 25.5 Å². The van der Waals surface area contributed by atoms with Gasteiger partial charge in [-0.2, -0.15) is 0 Å².